The number of ether oxygens (including phenoxy) is 1. The highest BCUT2D eigenvalue weighted by molar-refractivity contribution is 6.00. The van der Waals surface area contributed by atoms with E-state index in [0.29, 0.717) is 17.4 Å². The molecule has 0 bridgehead atoms. The fourth-order valence-electron chi connectivity index (χ4n) is 4.65. The summed E-state index contributed by atoms with van der Waals surface area (Å²) in [5, 5.41) is 2.78. The van der Waals surface area contributed by atoms with Crippen molar-refractivity contribution in [2.45, 2.75) is 54.0 Å². The minimum Gasteiger partial charge on any atom is -0.411 e. The monoisotopic (exact) mass is 514 g/mol. The largest absolute Gasteiger partial charge is 0.411 e. The Bertz CT molecular complexity index is 1280. The maximum absolute atomic E-state index is 12.3. The predicted octanol–water partition coefficient (Wildman–Crippen LogP) is 6.74. The first-order valence-electron chi connectivity index (χ1n) is 12.8. The van der Waals surface area contributed by atoms with Crippen LogP contribution in [0.3, 0.4) is 0 Å². The maximum atomic E-state index is 12.3. The molecule has 1 aliphatic carbocycles. The van der Waals surface area contributed by atoms with E-state index in [9.17, 15) is 9.59 Å². The van der Waals surface area contributed by atoms with Gasteiger partial charge < -0.3 is 20.4 Å². The van der Waals surface area contributed by atoms with Crippen LogP contribution in [0, 0.1) is 11.3 Å². The first-order valence-corrected chi connectivity index (χ1v) is 12.8. The van der Waals surface area contributed by atoms with Gasteiger partial charge in [-0.2, -0.15) is 0 Å². The van der Waals surface area contributed by atoms with Crippen LogP contribution < -0.4 is 15.8 Å². The second-order valence-corrected chi connectivity index (χ2v) is 10.4. The number of allylic oxidation sites excluding steroid dienone is 9. The van der Waals surface area contributed by atoms with Crippen molar-refractivity contribution in [1.29, 1.82) is 0 Å². The van der Waals surface area contributed by atoms with E-state index in [0.717, 1.165) is 24.1 Å². The molecular formula is C31H38N4O3. The number of nitrogens with zero attached hydrogens (tertiary/aromatic N) is 2. The molecule has 3 rings (SSSR count). The molecule has 2 amide bonds. The van der Waals surface area contributed by atoms with Crippen molar-refractivity contribution >= 4 is 17.7 Å². The van der Waals surface area contributed by atoms with E-state index in [1.807, 2.05) is 43.9 Å². The summed E-state index contributed by atoms with van der Waals surface area (Å²) >= 11 is 0. The number of hydrogen-bond acceptors (Lipinski definition) is 4. The van der Waals surface area contributed by atoms with Gasteiger partial charge >= 0.3 is 6.09 Å². The minimum atomic E-state index is -0.882. The van der Waals surface area contributed by atoms with E-state index in [4.69, 9.17) is 10.5 Å². The van der Waals surface area contributed by atoms with E-state index in [1.54, 1.807) is 24.3 Å². The van der Waals surface area contributed by atoms with Crippen LogP contribution in [-0.2, 0) is 11.3 Å². The van der Waals surface area contributed by atoms with Gasteiger partial charge in [0.25, 0.3) is 0 Å². The van der Waals surface area contributed by atoms with Crippen LogP contribution in [0.1, 0.15) is 47.5 Å². The molecule has 200 valence electrons. The molecule has 0 saturated carbocycles. The number of benzene rings is 1. The van der Waals surface area contributed by atoms with E-state index < -0.39 is 6.09 Å². The third-order valence-electron chi connectivity index (χ3n) is 6.80. The number of primary amides is 1. The Morgan fingerprint density at radius 2 is 1.92 bits per heavy atom. The normalized spacial score (nSPS) is 18.3. The van der Waals surface area contributed by atoms with E-state index in [1.165, 1.54) is 23.6 Å². The van der Waals surface area contributed by atoms with Crippen molar-refractivity contribution in [3.63, 3.8) is 0 Å². The van der Waals surface area contributed by atoms with Gasteiger partial charge in [0, 0.05) is 30.7 Å². The molecule has 7 nitrogen and oxygen atoms in total. The highest BCUT2D eigenvalue weighted by Crippen LogP contribution is 2.44. The lowest BCUT2D eigenvalue weighted by Crippen LogP contribution is -2.26. The summed E-state index contributed by atoms with van der Waals surface area (Å²) in [7, 11) is 0. The van der Waals surface area contributed by atoms with Gasteiger partial charge in [0.2, 0.25) is 5.91 Å². The van der Waals surface area contributed by atoms with Crippen LogP contribution >= 0.6 is 0 Å². The summed E-state index contributed by atoms with van der Waals surface area (Å²) in [5.41, 5.74) is 10.5. The zero-order chi connectivity index (χ0) is 27.7. The van der Waals surface area contributed by atoms with Crippen LogP contribution in [-0.4, -0.2) is 21.6 Å². The molecule has 1 aliphatic rings. The quantitative estimate of drug-likeness (QED) is 0.286. The molecule has 38 heavy (non-hydrogen) atoms. The molecular weight excluding hydrogens is 476 g/mol. The van der Waals surface area contributed by atoms with Gasteiger partial charge in [-0.3, -0.25) is 4.79 Å². The molecule has 0 radical (unpaired) electrons. The number of imidazole rings is 1. The Morgan fingerprint density at radius 1 is 1.18 bits per heavy atom. The fraction of sp³-hybridized carbons (Fsp3) is 0.323. The van der Waals surface area contributed by atoms with Crippen molar-refractivity contribution in [2.75, 3.05) is 5.32 Å². The Kier molecular flexibility index (Phi) is 9.66. The predicted molar refractivity (Wildman–Crippen MR) is 153 cm³/mol. The molecule has 1 unspecified atom stereocenters. The third kappa shape index (κ3) is 8.47. The Hall–Kier alpha value is -4.13. The van der Waals surface area contributed by atoms with Gasteiger partial charge in [-0.1, -0.05) is 55.4 Å². The van der Waals surface area contributed by atoms with Crippen LogP contribution in [0.15, 0.2) is 102 Å². The highest BCUT2D eigenvalue weighted by Gasteiger charge is 2.31. The summed E-state index contributed by atoms with van der Waals surface area (Å²) in [5.74, 6) is 0.582. The Morgan fingerprint density at radius 3 is 2.58 bits per heavy atom. The number of nitrogens with one attached hydrogen (secondary N) is 1. The molecule has 1 aromatic carbocycles. The lowest BCUT2D eigenvalue weighted by atomic mass is 9.68. The summed E-state index contributed by atoms with van der Waals surface area (Å²) in [4.78, 5) is 27.3. The van der Waals surface area contributed by atoms with E-state index in [2.05, 4.69) is 54.7 Å². The van der Waals surface area contributed by atoms with Crippen molar-refractivity contribution in [1.82, 2.24) is 9.55 Å². The highest BCUT2D eigenvalue weighted by atomic mass is 16.5. The molecule has 0 saturated heterocycles. The molecule has 1 aromatic heterocycles. The standard InChI is InChI=1S/C31H38N4O3/c1-22(9-14-28-24(3)25(15-16-31(28,4)5)20-35-18-17-33-21-35)7-6-8-23(2)19-29(36)34-26-10-12-27(13-11-26)38-30(32)37/h6-14,17-19,21,25H,15-16,20H2,1-5H3,(H2,32,37)(H,34,36)/b8-6+,14-9+,22-7+,23-19+. The molecule has 1 heterocycles. The van der Waals surface area contributed by atoms with Gasteiger partial charge in [0.15, 0.2) is 0 Å². The van der Waals surface area contributed by atoms with Crippen molar-refractivity contribution in [2.24, 2.45) is 17.1 Å². The first-order chi connectivity index (χ1) is 18.0. The lowest BCUT2D eigenvalue weighted by molar-refractivity contribution is -0.111. The summed E-state index contributed by atoms with van der Waals surface area (Å²) < 4.78 is 6.95. The lowest BCUT2D eigenvalue weighted by Gasteiger charge is -2.37. The van der Waals surface area contributed by atoms with Crippen LogP contribution in [0.5, 0.6) is 5.75 Å². The molecule has 0 spiro atoms. The second kappa shape index (κ2) is 12.9. The summed E-state index contributed by atoms with van der Waals surface area (Å²) in [6.07, 6.45) is 19.1. The molecule has 0 fully saturated rings. The summed E-state index contributed by atoms with van der Waals surface area (Å²) in [6, 6.07) is 6.39. The number of nitrogens with two attached hydrogens (primary N) is 1. The van der Waals surface area contributed by atoms with Crippen molar-refractivity contribution in [3.8, 4) is 5.75 Å². The van der Waals surface area contributed by atoms with Crippen molar-refractivity contribution < 1.29 is 14.3 Å². The van der Waals surface area contributed by atoms with Crippen LogP contribution in [0.2, 0.25) is 0 Å². The molecule has 0 aliphatic heterocycles. The Balaban J connectivity index is 1.60. The number of carbonyl (C=O) groups is 2. The average molecular weight is 515 g/mol. The number of anilines is 1. The van der Waals surface area contributed by atoms with E-state index >= 15 is 0 Å². The molecule has 1 atom stereocenters. The first kappa shape index (κ1) is 28.4. The Labute approximate surface area is 225 Å². The number of rotatable bonds is 9. The van der Waals surface area contributed by atoms with Crippen LogP contribution in [0.4, 0.5) is 10.5 Å². The van der Waals surface area contributed by atoms with Crippen LogP contribution in [0.25, 0.3) is 0 Å². The molecule has 3 N–H and O–H groups in total. The van der Waals surface area contributed by atoms with Gasteiger partial charge in [-0.25, -0.2) is 9.78 Å². The van der Waals surface area contributed by atoms with Gasteiger partial charge in [0.05, 0.1) is 6.33 Å². The fourth-order valence-corrected chi connectivity index (χ4v) is 4.65. The maximum Gasteiger partial charge on any atom is 0.409 e. The second-order valence-electron chi connectivity index (χ2n) is 10.4. The number of aromatic nitrogens is 2. The number of amides is 2. The van der Waals surface area contributed by atoms with E-state index in [-0.39, 0.29) is 11.3 Å². The number of hydrogen-bond donors (Lipinski definition) is 2. The van der Waals surface area contributed by atoms with Gasteiger partial charge in [0.1, 0.15) is 5.75 Å². The zero-order valence-electron chi connectivity index (χ0n) is 22.9. The third-order valence-corrected chi connectivity index (χ3v) is 6.80. The van der Waals surface area contributed by atoms with Crippen molar-refractivity contribution in [3.05, 3.63) is 102 Å². The number of carbonyl (C=O) groups excluding carboxylic acids is 2. The van der Waals surface area contributed by atoms with Gasteiger partial charge in [-0.15, -0.1) is 0 Å². The topological polar surface area (TPSA) is 99.2 Å². The molecule has 7 heteroatoms. The smallest absolute Gasteiger partial charge is 0.409 e. The minimum absolute atomic E-state index is 0.143. The average Bonchev–Trinajstić information content (AvgIpc) is 3.35. The SMILES string of the molecule is CC1=C(/C=C/C(C)=C/C=C/C(C)=C/C(=O)Nc2ccc(OC(N)=O)cc2)C(C)(C)CCC1Cn1ccnc1. The summed E-state index contributed by atoms with van der Waals surface area (Å²) in [6.45, 7) is 11.8. The zero-order valence-corrected chi connectivity index (χ0v) is 22.9. The molecule has 2 aromatic rings. The van der Waals surface area contributed by atoms with Gasteiger partial charge in [-0.05, 0) is 80.4 Å².